The Kier molecular flexibility index (Phi) is 7.62. The fraction of sp³-hybridized carbons (Fsp3) is 0.885. The quantitative estimate of drug-likeness (QED) is 0.228. The Morgan fingerprint density at radius 2 is 1.74 bits per heavy atom. The van der Waals surface area contributed by atoms with E-state index in [2.05, 4.69) is 54.5 Å². The molecule has 3 aliphatic rings. The average molecular weight is 451 g/mol. The molecule has 4 nitrogen and oxygen atoms in total. The lowest BCUT2D eigenvalue weighted by Crippen LogP contribution is -2.45. The number of ether oxygens (including phenoxy) is 2. The Balaban J connectivity index is 2.12. The minimum atomic E-state index is -1.83. The first kappa shape index (κ1) is 25.1. The fourth-order valence-electron chi connectivity index (χ4n) is 6.74. The molecule has 1 aliphatic heterocycles. The maximum absolute atomic E-state index is 11.4. The van der Waals surface area contributed by atoms with E-state index >= 15 is 0 Å². The summed E-state index contributed by atoms with van der Waals surface area (Å²) < 4.78 is 20.0. The summed E-state index contributed by atoms with van der Waals surface area (Å²) in [5, 5.41) is 0. The Morgan fingerprint density at radius 1 is 1.13 bits per heavy atom. The van der Waals surface area contributed by atoms with Crippen molar-refractivity contribution in [2.24, 2.45) is 22.7 Å². The van der Waals surface area contributed by atoms with E-state index in [1.807, 2.05) is 0 Å². The number of hydrogen-bond acceptors (Lipinski definition) is 4. The van der Waals surface area contributed by atoms with Crippen LogP contribution in [0.3, 0.4) is 0 Å². The normalized spacial score (nSPS) is 35.3. The number of hydrogen-bond donors (Lipinski definition) is 0. The van der Waals surface area contributed by atoms with Gasteiger partial charge in [-0.05, 0) is 65.6 Å². The highest BCUT2D eigenvalue weighted by atomic mass is 28.4. The van der Waals surface area contributed by atoms with Crippen LogP contribution < -0.4 is 0 Å². The highest BCUT2D eigenvalue weighted by Crippen LogP contribution is 2.63. The maximum atomic E-state index is 11.4. The SMILES string of the molecule is CC[Si](CC)(CC)OC1C=C2C3(C[C@H](C(C)C)[C@@]2(C)CC[C@]1(C)CCC=O)OCCO3. The molecule has 2 fully saturated rings. The molecule has 0 radical (unpaired) electrons. The van der Waals surface area contributed by atoms with Crippen LogP contribution in [-0.4, -0.2) is 39.7 Å². The highest BCUT2D eigenvalue weighted by Gasteiger charge is 2.61. The second-order valence-corrected chi connectivity index (χ2v) is 15.9. The molecule has 0 amide bonds. The molecule has 1 saturated carbocycles. The lowest BCUT2D eigenvalue weighted by atomic mass is 9.68. The molecule has 1 heterocycles. The van der Waals surface area contributed by atoms with Gasteiger partial charge in [0.15, 0.2) is 14.1 Å². The van der Waals surface area contributed by atoms with Gasteiger partial charge in [-0.1, -0.05) is 54.5 Å². The van der Waals surface area contributed by atoms with Gasteiger partial charge < -0.3 is 18.7 Å². The van der Waals surface area contributed by atoms with Crippen LogP contribution in [0.15, 0.2) is 11.6 Å². The first-order chi connectivity index (χ1) is 14.6. The van der Waals surface area contributed by atoms with Gasteiger partial charge in [-0.3, -0.25) is 0 Å². The molecule has 5 heteroatoms. The van der Waals surface area contributed by atoms with E-state index < -0.39 is 14.1 Å². The summed E-state index contributed by atoms with van der Waals surface area (Å²) >= 11 is 0. The standard InChI is InChI=1S/C26H46O4Si/c1-8-31(9-2,10-3)30-23-18-22-25(7,14-13-24(23,6)12-11-15-27)21(20(4)5)19-26(22)28-16-17-29-26/h15,18,20-21,23H,8-14,16-17,19H2,1-7H3/t21-,23?,24+,25-/m1/s1. The molecule has 0 aromatic rings. The van der Waals surface area contributed by atoms with Gasteiger partial charge >= 0.3 is 0 Å². The molecule has 3 rings (SSSR count). The Labute approximate surface area is 191 Å². The molecule has 0 aromatic heterocycles. The number of carbonyl (C=O) groups is 1. The number of aldehydes is 1. The molecule has 31 heavy (non-hydrogen) atoms. The fourth-order valence-corrected chi connectivity index (χ4v) is 9.63. The van der Waals surface area contributed by atoms with E-state index in [0.717, 1.165) is 50.1 Å². The van der Waals surface area contributed by atoms with Crippen LogP contribution in [0.2, 0.25) is 18.1 Å². The van der Waals surface area contributed by atoms with Crippen molar-refractivity contribution in [1.82, 2.24) is 0 Å². The van der Waals surface area contributed by atoms with Crippen LogP contribution >= 0.6 is 0 Å². The maximum Gasteiger partial charge on any atom is 0.192 e. The van der Waals surface area contributed by atoms with E-state index in [1.165, 1.54) is 5.57 Å². The molecule has 0 aromatic carbocycles. The van der Waals surface area contributed by atoms with Crippen molar-refractivity contribution in [3.8, 4) is 0 Å². The van der Waals surface area contributed by atoms with Crippen LogP contribution in [0.25, 0.3) is 0 Å². The zero-order chi connectivity index (χ0) is 22.9. The number of rotatable bonds is 9. The van der Waals surface area contributed by atoms with Crippen molar-refractivity contribution in [3.63, 3.8) is 0 Å². The number of fused-ring (bicyclic) bond motifs is 2. The van der Waals surface area contributed by atoms with Gasteiger partial charge in [0.25, 0.3) is 0 Å². The lowest BCUT2D eigenvalue weighted by Gasteiger charge is -2.42. The third-order valence-electron chi connectivity index (χ3n) is 9.25. The molecular formula is C26H46O4Si. The predicted octanol–water partition coefficient (Wildman–Crippen LogP) is 6.51. The molecule has 0 N–H and O–H groups in total. The summed E-state index contributed by atoms with van der Waals surface area (Å²) in [6, 6.07) is 3.40. The average Bonchev–Trinajstić information content (AvgIpc) is 3.29. The Bertz CT molecular complexity index is 656. The molecule has 1 saturated heterocycles. The molecule has 1 spiro atoms. The molecule has 0 bridgehead atoms. The van der Waals surface area contributed by atoms with E-state index in [9.17, 15) is 4.79 Å². The van der Waals surface area contributed by atoms with Gasteiger partial charge in [-0.25, -0.2) is 0 Å². The van der Waals surface area contributed by atoms with E-state index in [-0.39, 0.29) is 16.9 Å². The van der Waals surface area contributed by atoms with Crippen molar-refractivity contribution < 1.29 is 18.7 Å². The predicted molar refractivity (Wildman–Crippen MR) is 128 cm³/mol. The minimum absolute atomic E-state index is 0.0198. The van der Waals surface area contributed by atoms with Gasteiger partial charge in [-0.2, -0.15) is 0 Å². The first-order valence-corrected chi connectivity index (χ1v) is 15.3. The van der Waals surface area contributed by atoms with Crippen LogP contribution in [0.1, 0.15) is 80.6 Å². The molecule has 4 atom stereocenters. The molecule has 178 valence electrons. The van der Waals surface area contributed by atoms with Crippen molar-refractivity contribution >= 4 is 14.6 Å². The van der Waals surface area contributed by atoms with Crippen molar-refractivity contribution in [1.29, 1.82) is 0 Å². The largest absolute Gasteiger partial charge is 0.410 e. The molecule has 2 aliphatic carbocycles. The van der Waals surface area contributed by atoms with E-state index in [1.54, 1.807) is 0 Å². The zero-order valence-corrected chi connectivity index (χ0v) is 22.1. The highest BCUT2D eigenvalue weighted by molar-refractivity contribution is 6.73. The summed E-state index contributed by atoms with van der Waals surface area (Å²) in [6.07, 6.45) is 8.13. The summed E-state index contributed by atoms with van der Waals surface area (Å²) in [5.41, 5.74) is 1.34. The Hall–Kier alpha value is -0.493. The van der Waals surface area contributed by atoms with Gasteiger partial charge in [0, 0.05) is 12.8 Å². The monoisotopic (exact) mass is 450 g/mol. The minimum Gasteiger partial charge on any atom is -0.410 e. The van der Waals surface area contributed by atoms with Crippen LogP contribution in [0, 0.1) is 22.7 Å². The van der Waals surface area contributed by atoms with Crippen LogP contribution in [0.4, 0.5) is 0 Å². The van der Waals surface area contributed by atoms with Gasteiger partial charge in [-0.15, -0.1) is 0 Å². The lowest BCUT2D eigenvalue weighted by molar-refractivity contribution is -0.126. The van der Waals surface area contributed by atoms with Gasteiger partial charge in [0.2, 0.25) is 0 Å². The second-order valence-electron chi connectivity index (χ2n) is 11.1. The summed E-state index contributed by atoms with van der Waals surface area (Å²) in [6.45, 7) is 17.7. The van der Waals surface area contributed by atoms with Crippen LogP contribution in [-0.2, 0) is 18.7 Å². The summed E-state index contributed by atoms with van der Waals surface area (Å²) in [4.78, 5) is 11.4. The van der Waals surface area contributed by atoms with Crippen molar-refractivity contribution in [3.05, 3.63) is 11.6 Å². The summed E-state index contributed by atoms with van der Waals surface area (Å²) in [7, 11) is -1.83. The number of carbonyl (C=O) groups excluding carboxylic acids is 1. The third kappa shape index (κ3) is 4.37. The Morgan fingerprint density at radius 3 is 2.26 bits per heavy atom. The van der Waals surface area contributed by atoms with E-state index in [4.69, 9.17) is 13.9 Å². The second kappa shape index (κ2) is 9.40. The zero-order valence-electron chi connectivity index (χ0n) is 21.1. The molecule has 1 unspecified atom stereocenters. The topological polar surface area (TPSA) is 44.8 Å². The first-order valence-electron chi connectivity index (χ1n) is 12.8. The summed E-state index contributed by atoms with van der Waals surface area (Å²) in [5.74, 6) is 0.516. The van der Waals surface area contributed by atoms with Gasteiger partial charge in [0.05, 0.1) is 19.3 Å². The molecular weight excluding hydrogens is 404 g/mol. The smallest absolute Gasteiger partial charge is 0.192 e. The van der Waals surface area contributed by atoms with E-state index in [0.29, 0.717) is 31.5 Å². The third-order valence-corrected chi connectivity index (χ3v) is 13.9. The van der Waals surface area contributed by atoms with Crippen LogP contribution in [0.5, 0.6) is 0 Å². The van der Waals surface area contributed by atoms with Crippen molar-refractivity contribution in [2.75, 3.05) is 13.2 Å². The van der Waals surface area contributed by atoms with Crippen molar-refractivity contribution in [2.45, 2.75) is 111 Å². The van der Waals surface area contributed by atoms with Gasteiger partial charge in [0.1, 0.15) is 6.29 Å².